The maximum Gasteiger partial charge on any atom is 0.303 e. The number of nitrogens with zero attached hydrogens (tertiary/aromatic N) is 1. The third-order valence-corrected chi connectivity index (χ3v) is 4.86. The average Bonchev–Trinajstić information content (AvgIpc) is 2.42. The van der Waals surface area contributed by atoms with E-state index in [9.17, 15) is 4.79 Å². The molecule has 1 aromatic carbocycles. The number of carbonyl (C=O) groups is 1. The number of carboxylic acid groups (broad SMARTS) is 1. The van der Waals surface area contributed by atoms with E-state index in [2.05, 4.69) is 36.1 Å². The van der Waals surface area contributed by atoms with Crippen molar-refractivity contribution in [3.63, 3.8) is 0 Å². The number of aliphatic carboxylic acids is 1. The molecule has 1 aliphatic rings. The number of thioether (sulfide) groups is 1. The minimum absolute atomic E-state index is 0.339. The number of hydrogen-bond acceptors (Lipinski definition) is 3. The van der Waals surface area contributed by atoms with Crippen LogP contribution in [0.4, 0.5) is 0 Å². The Morgan fingerprint density at radius 1 is 1.30 bits per heavy atom. The lowest BCUT2D eigenvalue weighted by Crippen LogP contribution is -2.35. The van der Waals surface area contributed by atoms with Crippen molar-refractivity contribution < 1.29 is 9.90 Å². The average molecular weight is 293 g/mol. The molecule has 1 N–H and O–H groups in total. The fraction of sp³-hybridized carbons (Fsp3) is 0.562. The molecule has 0 aliphatic carbocycles. The van der Waals surface area contributed by atoms with Crippen LogP contribution >= 0.6 is 11.8 Å². The maximum absolute atomic E-state index is 10.7. The summed E-state index contributed by atoms with van der Waals surface area (Å²) < 4.78 is 0. The van der Waals surface area contributed by atoms with Crippen LogP contribution in [0.25, 0.3) is 0 Å². The van der Waals surface area contributed by atoms with E-state index < -0.39 is 5.97 Å². The highest BCUT2D eigenvalue weighted by Crippen LogP contribution is 2.22. The second kappa shape index (κ2) is 7.70. The van der Waals surface area contributed by atoms with Crippen LogP contribution in [-0.4, -0.2) is 41.4 Å². The van der Waals surface area contributed by atoms with Crippen LogP contribution in [0.15, 0.2) is 29.2 Å². The Hall–Kier alpha value is -1.00. The van der Waals surface area contributed by atoms with Crippen LogP contribution in [0.5, 0.6) is 0 Å². The van der Waals surface area contributed by atoms with Gasteiger partial charge in [-0.05, 0) is 50.9 Å². The van der Waals surface area contributed by atoms with E-state index in [1.807, 2.05) is 11.8 Å². The van der Waals surface area contributed by atoms with Crippen molar-refractivity contribution in [1.82, 2.24) is 4.90 Å². The van der Waals surface area contributed by atoms with Crippen LogP contribution in [0.1, 0.15) is 24.8 Å². The van der Waals surface area contributed by atoms with E-state index in [0.29, 0.717) is 12.3 Å². The van der Waals surface area contributed by atoms with Crippen LogP contribution in [0.2, 0.25) is 0 Å². The van der Waals surface area contributed by atoms with Gasteiger partial charge in [0, 0.05) is 23.6 Å². The number of benzene rings is 1. The van der Waals surface area contributed by atoms with Crippen LogP contribution in [0.3, 0.4) is 0 Å². The second-order valence-electron chi connectivity index (χ2n) is 5.54. The first-order valence-electron chi connectivity index (χ1n) is 7.27. The van der Waals surface area contributed by atoms with E-state index in [-0.39, 0.29) is 0 Å². The Morgan fingerprint density at radius 3 is 2.55 bits per heavy atom. The summed E-state index contributed by atoms with van der Waals surface area (Å²) in [7, 11) is 0. The highest BCUT2D eigenvalue weighted by molar-refractivity contribution is 7.99. The molecular formula is C16H23NO2S. The van der Waals surface area contributed by atoms with Gasteiger partial charge in [0.1, 0.15) is 0 Å². The quantitative estimate of drug-likeness (QED) is 0.817. The summed E-state index contributed by atoms with van der Waals surface area (Å²) in [5.74, 6) is 0.832. The lowest BCUT2D eigenvalue weighted by atomic mass is 9.94. The Labute approximate surface area is 125 Å². The van der Waals surface area contributed by atoms with Gasteiger partial charge in [-0.15, -0.1) is 11.8 Å². The molecule has 0 radical (unpaired) electrons. The van der Waals surface area contributed by atoms with Crippen LogP contribution < -0.4 is 0 Å². The van der Waals surface area contributed by atoms with Gasteiger partial charge in [0.15, 0.2) is 0 Å². The van der Waals surface area contributed by atoms with E-state index in [1.54, 1.807) is 0 Å². The van der Waals surface area contributed by atoms with Gasteiger partial charge < -0.3 is 10.0 Å². The molecule has 0 bridgehead atoms. The van der Waals surface area contributed by atoms with Crippen molar-refractivity contribution >= 4 is 17.7 Å². The van der Waals surface area contributed by atoms with E-state index in [0.717, 1.165) is 38.2 Å². The fourth-order valence-electron chi connectivity index (χ4n) is 2.59. The van der Waals surface area contributed by atoms with Crippen molar-refractivity contribution in [2.45, 2.75) is 31.1 Å². The van der Waals surface area contributed by atoms with Gasteiger partial charge in [-0.2, -0.15) is 0 Å². The number of hydrogen-bond donors (Lipinski definition) is 1. The molecule has 1 heterocycles. The lowest BCUT2D eigenvalue weighted by Gasteiger charge is -2.31. The summed E-state index contributed by atoms with van der Waals surface area (Å²) in [6, 6.07) is 8.66. The summed E-state index contributed by atoms with van der Waals surface area (Å²) in [5, 5.41) is 8.80. The van der Waals surface area contributed by atoms with Crippen molar-refractivity contribution in [2.75, 3.05) is 25.4 Å². The first-order chi connectivity index (χ1) is 9.63. The van der Waals surface area contributed by atoms with Gasteiger partial charge in [0.25, 0.3) is 0 Å². The zero-order chi connectivity index (χ0) is 14.4. The molecule has 1 fully saturated rings. The molecule has 1 saturated heterocycles. The van der Waals surface area contributed by atoms with Crippen LogP contribution in [0, 0.1) is 12.8 Å². The lowest BCUT2D eigenvalue weighted by molar-refractivity contribution is -0.138. The molecule has 0 spiro atoms. The number of likely N-dealkylation sites (tertiary alicyclic amines) is 1. The minimum atomic E-state index is -0.654. The molecule has 0 saturated carbocycles. The molecular weight excluding hydrogens is 270 g/mol. The summed E-state index contributed by atoms with van der Waals surface area (Å²) >= 11 is 1.90. The summed E-state index contributed by atoms with van der Waals surface area (Å²) in [6.07, 6.45) is 2.40. The smallest absolute Gasteiger partial charge is 0.303 e. The normalized spacial score (nSPS) is 17.2. The molecule has 20 heavy (non-hydrogen) atoms. The Bertz CT molecular complexity index is 425. The molecule has 1 aromatic rings. The SMILES string of the molecule is Cc1ccc(SCCN2CCC(CC(=O)O)CC2)cc1. The Morgan fingerprint density at radius 2 is 1.95 bits per heavy atom. The van der Waals surface area contributed by atoms with Crippen molar-refractivity contribution in [3.05, 3.63) is 29.8 Å². The molecule has 0 aromatic heterocycles. The second-order valence-corrected chi connectivity index (χ2v) is 6.71. The third-order valence-electron chi connectivity index (χ3n) is 3.87. The van der Waals surface area contributed by atoms with Gasteiger partial charge in [-0.25, -0.2) is 0 Å². The minimum Gasteiger partial charge on any atom is -0.481 e. The highest BCUT2D eigenvalue weighted by Gasteiger charge is 2.20. The topological polar surface area (TPSA) is 40.5 Å². The van der Waals surface area contributed by atoms with E-state index in [4.69, 9.17) is 5.11 Å². The van der Waals surface area contributed by atoms with Crippen LogP contribution in [-0.2, 0) is 4.79 Å². The van der Waals surface area contributed by atoms with E-state index >= 15 is 0 Å². The molecule has 3 nitrogen and oxygen atoms in total. The predicted molar refractivity (Wildman–Crippen MR) is 83.3 cm³/mol. The van der Waals surface area contributed by atoms with Crippen molar-refractivity contribution in [2.24, 2.45) is 5.92 Å². The first-order valence-corrected chi connectivity index (χ1v) is 8.25. The van der Waals surface area contributed by atoms with E-state index in [1.165, 1.54) is 10.5 Å². The third kappa shape index (κ3) is 5.17. The van der Waals surface area contributed by atoms with Gasteiger partial charge >= 0.3 is 5.97 Å². The molecule has 2 rings (SSSR count). The number of carboxylic acids is 1. The molecule has 0 unspecified atom stereocenters. The summed E-state index contributed by atoms with van der Waals surface area (Å²) in [6.45, 7) is 5.30. The zero-order valence-corrected chi connectivity index (χ0v) is 12.9. The molecule has 0 amide bonds. The first kappa shape index (κ1) is 15.4. The van der Waals surface area contributed by atoms with Gasteiger partial charge in [-0.1, -0.05) is 17.7 Å². The fourth-order valence-corrected chi connectivity index (χ4v) is 3.50. The zero-order valence-electron chi connectivity index (χ0n) is 12.0. The standard InChI is InChI=1S/C16H23NO2S/c1-13-2-4-15(5-3-13)20-11-10-17-8-6-14(7-9-17)12-16(18)19/h2-5,14H,6-12H2,1H3,(H,18,19). The molecule has 4 heteroatoms. The van der Waals surface area contributed by atoms with Gasteiger partial charge in [0.2, 0.25) is 0 Å². The monoisotopic (exact) mass is 293 g/mol. The largest absolute Gasteiger partial charge is 0.481 e. The maximum atomic E-state index is 10.7. The Kier molecular flexibility index (Phi) is 5.92. The highest BCUT2D eigenvalue weighted by atomic mass is 32.2. The van der Waals surface area contributed by atoms with Gasteiger partial charge in [0.05, 0.1) is 0 Å². The van der Waals surface area contributed by atoms with Gasteiger partial charge in [-0.3, -0.25) is 4.79 Å². The van der Waals surface area contributed by atoms with Crippen molar-refractivity contribution in [3.8, 4) is 0 Å². The molecule has 1 aliphatic heterocycles. The number of piperidine rings is 1. The number of aryl methyl sites for hydroxylation is 1. The molecule has 0 atom stereocenters. The Balaban J connectivity index is 1.63. The number of rotatable bonds is 6. The summed E-state index contributed by atoms with van der Waals surface area (Å²) in [5.41, 5.74) is 1.30. The summed E-state index contributed by atoms with van der Waals surface area (Å²) in [4.78, 5) is 14.5. The molecule has 110 valence electrons. The predicted octanol–water partition coefficient (Wildman–Crippen LogP) is 3.27. The van der Waals surface area contributed by atoms with Crippen molar-refractivity contribution in [1.29, 1.82) is 0 Å².